The zero-order valence-corrected chi connectivity index (χ0v) is 13.4. The summed E-state index contributed by atoms with van der Waals surface area (Å²) >= 11 is 7.39. The van der Waals surface area contributed by atoms with Crippen LogP contribution in [0.5, 0.6) is 0 Å². The molecule has 2 N–H and O–H groups in total. The van der Waals surface area contributed by atoms with Crippen molar-refractivity contribution in [1.29, 1.82) is 0 Å². The topological polar surface area (TPSA) is 65.7 Å². The van der Waals surface area contributed by atoms with Crippen LogP contribution >= 0.6 is 22.9 Å². The number of halogens is 1. The second kappa shape index (κ2) is 6.73. The van der Waals surface area contributed by atoms with Crippen LogP contribution in [0.1, 0.15) is 31.1 Å². The average molecular weight is 341 g/mol. The number of aliphatic hydroxyl groups excluding tert-OH is 1. The molecule has 0 bridgehead atoms. The highest BCUT2D eigenvalue weighted by Gasteiger charge is 2.31. The first-order valence-corrected chi connectivity index (χ1v) is 8.43. The van der Waals surface area contributed by atoms with Crippen LogP contribution in [0.25, 0.3) is 0 Å². The minimum Gasteiger partial charge on any atom is -0.467 e. The third-order valence-corrected chi connectivity index (χ3v) is 5.03. The number of thiophene rings is 1. The molecule has 7 heteroatoms. The van der Waals surface area contributed by atoms with Gasteiger partial charge in [-0.25, -0.2) is 4.79 Å². The van der Waals surface area contributed by atoms with Crippen molar-refractivity contribution in [3.8, 4) is 0 Å². The number of urea groups is 1. The van der Waals surface area contributed by atoms with Crippen molar-refractivity contribution in [2.24, 2.45) is 0 Å². The zero-order chi connectivity index (χ0) is 15.5. The van der Waals surface area contributed by atoms with E-state index in [1.807, 2.05) is 5.38 Å². The van der Waals surface area contributed by atoms with Crippen LogP contribution in [0.2, 0.25) is 4.34 Å². The van der Waals surface area contributed by atoms with Gasteiger partial charge in [-0.1, -0.05) is 11.6 Å². The molecule has 2 amide bonds. The number of nitrogens with one attached hydrogen (secondary N) is 1. The molecule has 0 spiro atoms. The van der Waals surface area contributed by atoms with Gasteiger partial charge < -0.3 is 19.7 Å². The lowest BCUT2D eigenvalue weighted by Gasteiger charge is -2.26. The van der Waals surface area contributed by atoms with Gasteiger partial charge in [0.05, 0.1) is 12.0 Å². The fraction of sp³-hybridized carbons (Fsp3) is 0.400. The lowest BCUT2D eigenvalue weighted by Crippen LogP contribution is -2.39. The van der Waals surface area contributed by atoms with E-state index >= 15 is 0 Å². The number of carbonyl (C=O) groups is 1. The Kier molecular flexibility index (Phi) is 4.71. The molecule has 2 aromatic heterocycles. The van der Waals surface area contributed by atoms with Crippen molar-refractivity contribution in [3.05, 3.63) is 39.9 Å². The first kappa shape index (κ1) is 15.4. The summed E-state index contributed by atoms with van der Waals surface area (Å²) in [6.45, 7) is 0.684. The molecule has 3 heterocycles. The summed E-state index contributed by atoms with van der Waals surface area (Å²) in [4.78, 5) is 14.2. The zero-order valence-electron chi connectivity index (χ0n) is 11.9. The normalized spacial score (nSPS) is 19.4. The molecule has 1 fully saturated rings. The van der Waals surface area contributed by atoms with E-state index in [-0.39, 0.29) is 12.1 Å². The monoisotopic (exact) mass is 340 g/mol. The fourth-order valence-corrected chi connectivity index (χ4v) is 3.61. The van der Waals surface area contributed by atoms with Gasteiger partial charge in [0.1, 0.15) is 16.2 Å². The second-order valence-corrected chi connectivity index (χ2v) is 6.81. The molecule has 1 aliphatic heterocycles. The van der Waals surface area contributed by atoms with Crippen molar-refractivity contribution in [3.63, 3.8) is 0 Å². The lowest BCUT2D eigenvalue weighted by atomic mass is 10.1. The highest BCUT2D eigenvalue weighted by atomic mass is 35.5. The number of furan rings is 1. The predicted octanol–water partition coefficient (Wildman–Crippen LogP) is 4.11. The van der Waals surface area contributed by atoms with E-state index in [2.05, 4.69) is 5.32 Å². The van der Waals surface area contributed by atoms with Gasteiger partial charge >= 0.3 is 6.03 Å². The third-order valence-electron chi connectivity index (χ3n) is 3.86. The van der Waals surface area contributed by atoms with Crippen molar-refractivity contribution < 1.29 is 14.3 Å². The minimum atomic E-state index is -0.696. The summed E-state index contributed by atoms with van der Waals surface area (Å²) in [5.41, 5.74) is 0.633. The maximum atomic E-state index is 12.4. The van der Waals surface area contributed by atoms with Crippen molar-refractivity contribution in [2.75, 3.05) is 11.9 Å². The highest BCUT2D eigenvalue weighted by Crippen LogP contribution is 2.31. The molecular weight excluding hydrogens is 324 g/mol. The predicted molar refractivity (Wildman–Crippen MR) is 86.4 cm³/mol. The summed E-state index contributed by atoms with van der Waals surface area (Å²) in [6.07, 6.45) is 3.12. The Morgan fingerprint density at radius 1 is 1.59 bits per heavy atom. The average Bonchev–Trinajstić information content (AvgIpc) is 3.21. The van der Waals surface area contributed by atoms with Gasteiger partial charge in [0, 0.05) is 19.0 Å². The molecule has 1 aliphatic rings. The number of aliphatic hydroxyl groups is 1. The maximum absolute atomic E-state index is 12.4. The van der Waals surface area contributed by atoms with Gasteiger partial charge in [-0.15, -0.1) is 11.3 Å². The van der Waals surface area contributed by atoms with Gasteiger partial charge in [0.25, 0.3) is 0 Å². The molecule has 0 aliphatic carbocycles. The largest absolute Gasteiger partial charge is 0.467 e. The minimum absolute atomic E-state index is 0.00230. The highest BCUT2D eigenvalue weighted by molar-refractivity contribution is 7.15. The van der Waals surface area contributed by atoms with Crippen LogP contribution in [-0.4, -0.2) is 28.6 Å². The summed E-state index contributed by atoms with van der Waals surface area (Å²) in [5.74, 6) is 0.535. The van der Waals surface area contributed by atoms with E-state index in [4.69, 9.17) is 16.0 Å². The number of hydrogen-bond acceptors (Lipinski definition) is 4. The molecule has 1 saturated heterocycles. The van der Waals surface area contributed by atoms with Gasteiger partial charge in [-0.3, -0.25) is 0 Å². The molecule has 0 radical (unpaired) electrons. The van der Waals surface area contributed by atoms with E-state index in [1.165, 1.54) is 17.6 Å². The fourth-order valence-electron chi connectivity index (χ4n) is 2.77. The molecule has 22 heavy (non-hydrogen) atoms. The Bertz CT molecular complexity index is 629. The summed E-state index contributed by atoms with van der Waals surface area (Å²) in [7, 11) is 0. The molecule has 2 aromatic rings. The van der Waals surface area contributed by atoms with Crippen LogP contribution < -0.4 is 5.32 Å². The van der Waals surface area contributed by atoms with E-state index in [9.17, 15) is 9.90 Å². The summed E-state index contributed by atoms with van der Waals surface area (Å²) < 4.78 is 5.79. The van der Waals surface area contributed by atoms with E-state index in [1.54, 1.807) is 23.1 Å². The molecule has 0 saturated carbocycles. The van der Waals surface area contributed by atoms with E-state index in [0.717, 1.165) is 12.8 Å². The molecule has 118 valence electrons. The van der Waals surface area contributed by atoms with Crippen LogP contribution in [0.4, 0.5) is 10.5 Å². The lowest BCUT2D eigenvalue weighted by molar-refractivity contribution is 0.110. The van der Waals surface area contributed by atoms with Crippen molar-refractivity contribution >= 4 is 34.7 Å². The molecule has 0 aromatic carbocycles. The Labute approximate surface area is 137 Å². The number of hydrogen-bond donors (Lipinski definition) is 2. The van der Waals surface area contributed by atoms with Crippen LogP contribution in [-0.2, 0) is 0 Å². The molecule has 3 rings (SSSR count). The van der Waals surface area contributed by atoms with Crippen molar-refractivity contribution in [1.82, 2.24) is 4.90 Å². The number of anilines is 1. The number of rotatable bonds is 4. The van der Waals surface area contributed by atoms with E-state index in [0.29, 0.717) is 28.7 Å². The Morgan fingerprint density at radius 2 is 2.45 bits per heavy atom. The van der Waals surface area contributed by atoms with Crippen LogP contribution in [0, 0.1) is 0 Å². The summed E-state index contributed by atoms with van der Waals surface area (Å²) in [6, 6.07) is 5.10. The second-order valence-electron chi connectivity index (χ2n) is 5.29. The van der Waals surface area contributed by atoms with Gasteiger partial charge in [0.15, 0.2) is 0 Å². The molecular formula is C15H17ClN2O3S. The maximum Gasteiger partial charge on any atom is 0.322 e. The number of carbonyl (C=O) groups excluding carboxylic acids is 1. The third kappa shape index (κ3) is 3.29. The van der Waals surface area contributed by atoms with Crippen molar-refractivity contribution in [2.45, 2.75) is 31.4 Å². The SMILES string of the molecule is O=C(Nc1ccsc1Cl)N1CCC[C@@H]1C[C@H](O)c1ccco1. The Balaban J connectivity index is 1.62. The molecule has 5 nitrogen and oxygen atoms in total. The number of amides is 2. The first-order valence-electron chi connectivity index (χ1n) is 7.17. The molecule has 2 atom stereocenters. The van der Waals surface area contributed by atoms with Crippen LogP contribution in [0.15, 0.2) is 34.3 Å². The number of nitrogens with zero attached hydrogens (tertiary/aromatic N) is 1. The molecule has 0 unspecified atom stereocenters. The van der Waals surface area contributed by atoms with Crippen LogP contribution in [0.3, 0.4) is 0 Å². The Morgan fingerprint density at radius 3 is 3.14 bits per heavy atom. The van der Waals surface area contributed by atoms with E-state index < -0.39 is 6.10 Å². The van der Waals surface area contributed by atoms with Gasteiger partial charge in [-0.2, -0.15) is 0 Å². The Hall–Kier alpha value is -1.50. The summed E-state index contributed by atoms with van der Waals surface area (Å²) in [5, 5.41) is 14.9. The van der Waals surface area contributed by atoms with Gasteiger partial charge in [-0.05, 0) is 36.4 Å². The first-order chi connectivity index (χ1) is 10.6. The smallest absolute Gasteiger partial charge is 0.322 e. The quantitative estimate of drug-likeness (QED) is 0.880. The standard InChI is InChI=1S/C15H17ClN2O3S/c16-14-11(5-8-22-14)17-15(20)18-6-1-3-10(18)9-12(19)13-4-2-7-21-13/h2,4-5,7-8,10,12,19H,1,3,6,9H2,(H,17,20)/t10-,12+/m1/s1. The van der Waals surface area contributed by atoms with Gasteiger partial charge in [0.2, 0.25) is 0 Å². The number of likely N-dealkylation sites (tertiary alicyclic amines) is 1.